The van der Waals surface area contributed by atoms with Gasteiger partial charge in [0.15, 0.2) is 11.6 Å². The van der Waals surface area contributed by atoms with E-state index in [-0.39, 0.29) is 25.1 Å². The molecule has 1 saturated carbocycles. The van der Waals surface area contributed by atoms with Crippen LogP contribution in [0.15, 0.2) is 78.1 Å². The summed E-state index contributed by atoms with van der Waals surface area (Å²) in [6, 6.07) is 18.1. The van der Waals surface area contributed by atoms with Gasteiger partial charge in [0.1, 0.15) is 23.4 Å². The molecule has 3 aliphatic heterocycles. The second kappa shape index (κ2) is 7.22. The molecule has 9 heteroatoms. The zero-order valence-electron chi connectivity index (χ0n) is 19.5. The maximum absolute atomic E-state index is 13.9. The Morgan fingerprint density at radius 1 is 1.23 bits per heavy atom. The number of aliphatic hydroxyl groups is 1. The van der Waals surface area contributed by atoms with E-state index in [2.05, 4.69) is 16.9 Å². The van der Waals surface area contributed by atoms with Gasteiger partial charge in [-0.25, -0.2) is 10.1 Å². The molecule has 5 atom stereocenters. The van der Waals surface area contributed by atoms with E-state index >= 15 is 0 Å². The van der Waals surface area contributed by atoms with Gasteiger partial charge < -0.3 is 25.8 Å². The first-order valence-electron chi connectivity index (χ1n) is 11.8. The van der Waals surface area contributed by atoms with Gasteiger partial charge in [0, 0.05) is 6.42 Å². The van der Waals surface area contributed by atoms with Crippen LogP contribution in [0, 0.1) is 5.41 Å². The zero-order chi connectivity index (χ0) is 24.6. The predicted octanol–water partition coefficient (Wildman–Crippen LogP) is 1.35. The van der Waals surface area contributed by atoms with Crippen molar-refractivity contribution in [3.05, 3.63) is 84.2 Å². The minimum atomic E-state index is -1.08. The van der Waals surface area contributed by atoms with Crippen molar-refractivity contribution in [2.24, 2.45) is 16.1 Å². The van der Waals surface area contributed by atoms with Gasteiger partial charge in [-0.3, -0.25) is 10.0 Å². The van der Waals surface area contributed by atoms with Gasteiger partial charge in [-0.15, -0.1) is 0 Å². The number of piperidine rings is 1. The first-order valence-corrected chi connectivity index (χ1v) is 11.8. The topological polar surface area (TPSA) is 124 Å². The molecule has 182 valence electrons. The summed E-state index contributed by atoms with van der Waals surface area (Å²) >= 11 is 0. The highest BCUT2D eigenvalue weighted by Crippen LogP contribution is 2.74. The fraction of sp³-hybridized carbons (Fsp3) is 0.385. The molecule has 35 heavy (non-hydrogen) atoms. The lowest BCUT2D eigenvalue weighted by Gasteiger charge is -2.50. The Labute approximate surface area is 203 Å². The van der Waals surface area contributed by atoms with Crippen molar-refractivity contribution in [2.45, 2.75) is 42.6 Å². The van der Waals surface area contributed by atoms with E-state index in [1.165, 1.54) is 0 Å². The summed E-state index contributed by atoms with van der Waals surface area (Å²) in [6.07, 6.45) is 0.534. The standard InChI is InChI=1S/C26H29N5O4/c1-16-28-21-19(13-32)29-23(27)30-15-25(14-24(25,2)26(21,30)31(16)34)35-22(33)20(17-9-5-3-6-10-17)18-11-7-4-8-12-18/h3-12,19-21,28,32,34H,1,13-15H2,2H3,(H2,27,29)/t19-,21?,24-,25-,26?/m0/s1. The summed E-state index contributed by atoms with van der Waals surface area (Å²) in [7, 11) is 0. The van der Waals surface area contributed by atoms with Gasteiger partial charge in [-0.05, 0) is 11.1 Å². The highest BCUT2D eigenvalue weighted by Gasteiger charge is 2.89. The van der Waals surface area contributed by atoms with Gasteiger partial charge in [0.2, 0.25) is 0 Å². The average Bonchev–Trinajstić information content (AvgIpc) is 3.24. The summed E-state index contributed by atoms with van der Waals surface area (Å²) < 4.78 is 6.39. The van der Waals surface area contributed by atoms with Crippen LogP contribution in [-0.2, 0) is 9.53 Å². The van der Waals surface area contributed by atoms with E-state index in [4.69, 9.17) is 10.5 Å². The van der Waals surface area contributed by atoms with Crippen LogP contribution in [0.2, 0.25) is 0 Å². The maximum atomic E-state index is 13.9. The van der Waals surface area contributed by atoms with Crippen LogP contribution in [0.1, 0.15) is 30.4 Å². The Morgan fingerprint density at radius 3 is 2.40 bits per heavy atom. The van der Waals surface area contributed by atoms with Crippen LogP contribution in [0.25, 0.3) is 0 Å². The van der Waals surface area contributed by atoms with Crippen molar-refractivity contribution in [1.82, 2.24) is 15.3 Å². The number of nitrogens with one attached hydrogen (secondary N) is 1. The minimum Gasteiger partial charge on any atom is -0.456 e. The second-order valence-corrected chi connectivity index (χ2v) is 10.1. The van der Waals surface area contributed by atoms with Crippen LogP contribution in [0.3, 0.4) is 0 Å². The molecule has 5 N–H and O–H groups in total. The Morgan fingerprint density at radius 2 is 1.83 bits per heavy atom. The molecular formula is C26H29N5O4. The van der Waals surface area contributed by atoms with Crippen LogP contribution < -0.4 is 11.1 Å². The van der Waals surface area contributed by atoms with Crippen LogP contribution >= 0.6 is 0 Å². The van der Waals surface area contributed by atoms with E-state index in [0.29, 0.717) is 12.2 Å². The molecule has 2 unspecified atom stereocenters. The Hall–Kier alpha value is -3.56. The van der Waals surface area contributed by atoms with Gasteiger partial charge in [-0.1, -0.05) is 74.2 Å². The predicted molar refractivity (Wildman–Crippen MR) is 128 cm³/mol. The van der Waals surface area contributed by atoms with E-state index in [9.17, 15) is 15.1 Å². The number of benzene rings is 2. The van der Waals surface area contributed by atoms with Crippen LogP contribution in [0.4, 0.5) is 0 Å². The number of carbonyl (C=O) groups is 1. The van der Waals surface area contributed by atoms with Gasteiger partial charge in [0.05, 0.1) is 24.6 Å². The van der Waals surface area contributed by atoms with E-state index in [0.717, 1.165) is 16.2 Å². The molecule has 3 fully saturated rings. The average molecular weight is 476 g/mol. The van der Waals surface area contributed by atoms with Gasteiger partial charge in [-0.2, -0.15) is 0 Å². The number of carbonyl (C=O) groups excluding carboxylic acids is 1. The fourth-order valence-electron chi connectivity index (χ4n) is 6.70. The third-order valence-electron chi connectivity index (χ3n) is 8.44. The molecule has 1 aliphatic carbocycles. The van der Waals surface area contributed by atoms with Crippen LogP contribution in [-0.4, -0.2) is 68.7 Å². The van der Waals surface area contributed by atoms with E-state index < -0.39 is 34.7 Å². The summed E-state index contributed by atoms with van der Waals surface area (Å²) in [5.74, 6) is -0.463. The number of nitrogens with zero attached hydrogens (tertiary/aromatic N) is 3. The third-order valence-corrected chi connectivity index (χ3v) is 8.44. The monoisotopic (exact) mass is 475 g/mol. The number of hydrogen-bond donors (Lipinski definition) is 4. The molecule has 2 aromatic rings. The van der Waals surface area contributed by atoms with E-state index in [1.807, 2.05) is 67.6 Å². The van der Waals surface area contributed by atoms with Crippen molar-refractivity contribution in [2.75, 3.05) is 13.2 Å². The van der Waals surface area contributed by atoms with Gasteiger partial charge in [0.25, 0.3) is 0 Å². The molecule has 9 nitrogen and oxygen atoms in total. The molecule has 1 spiro atoms. The minimum absolute atomic E-state index is 0.197. The lowest BCUT2D eigenvalue weighted by Crippen LogP contribution is -2.72. The third kappa shape index (κ3) is 2.65. The maximum Gasteiger partial charge on any atom is 0.318 e. The van der Waals surface area contributed by atoms with Crippen molar-refractivity contribution < 1.29 is 19.8 Å². The van der Waals surface area contributed by atoms with Crippen molar-refractivity contribution in [1.29, 1.82) is 0 Å². The number of hydroxylamine groups is 2. The number of rotatable bonds is 5. The first kappa shape index (κ1) is 21.9. The molecule has 3 heterocycles. The summed E-state index contributed by atoms with van der Waals surface area (Å²) in [5, 5.41) is 25.6. The Bertz CT molecular complexity index is 1180. The summed E-state index contributed by atoms with van der Waals surface area (Å²) in [4.78, 5) is 20.1. The molecule has 0 amide bonds. The Kier molecular flexibility index (Phi) is 4.53. The Balaban J connectivity index is 1.39. The molecule has 2 aromatic carbocycles. The lowest BCUT2D eigenvalue weighted by atomic mass is 9.80. The lowest BCUT2D eigenvalue weighted by molar-refractivity contribution is -0.198. The van der Waals surface area contributed by atoms with Crippen molar-refractivity contribution >= 4 is 11.9 Å². The number of aliphatic imine (C=N–C) groups is 1. The molecular weight excluding hydrogens is 446 g/mol. The van der Waals surface area contributed by atoms with Crippen molar-refractivity contribution in [3.63, 3.8) is 0 Å². The quantitative estimate of drug-likeness (QED) is 0.478. The largest absolute Gasteiger partial charge is 0.456 e. The van der Waals surface area contributed by atoms with Crippen LogP contribution in [0.5, 0.6) is 0 Å². The first-order chi connectivity index (χ1) is 16.8. The number of nitrogens with two attached hydrogens (primary N) is 1. The number of guanidine groups is 1. The number of aliphatic hydroxyl groups excluding tert-OH is 1. The number of ether oxygens (including phenoxy) is 1. The number of fused-ring (bicyclic) bond motifs is 1. The molecule has 6 rings (SSSR count). The molecule has 4 aliphatic rings. The van der Waals surface area contributed by atoms with E-state index in [1.54, 1.807) is 4.90 Å². The number of hydrogen-bond acceptors (Lipinski definition) is 9. The normalized spacial score (nSPS) is 34.6. The highest BCUT2D eigenvalue weighted by atomic mass is 16.6. The highest BCUT2D eigenvalue weighted by molar-refractivity contribution is 5.85. The molecule has 2 saturated heterocycles. The SMILES string of the molecule is C=C1NC2[C@H](CO)N=C(N)N3C[C@@]4(OC(=O)C(c5ccccc5)c5ccccc5)C[C@]4(C)C23N1O. The molecule has 0 bridgehead atoms. The summed E-state index contributed by atoms with van der Waals surface area (Å²) in [6.45, 7) is 5.96. The second-order valence-electron chi connectivity index (χ2n) is 10.1. The number of esters is 1. The van der Waals surface area contributed by atoms with Crippen molar-refractivity contribution in [3.8, 4) is 0 Å². The summed E-state index contributed by atoms with van der Waals surface area (Å²) in [5.41, 5.74) is 5.37. The molecule has 0 radical (unpaired) electrons. The smallest absolute Gasteiger partial charge is 0.318 e. The fourth-order valence-corrected chi connectivity index (χ4v) is 6.70. The molecule has 0 aromatic heterocycles. The van der Waals surface area contributed by atoms with Gasteiger partial charge >= 0.3 is 5.97 Å². The zero-order valence-corrected chi connectivity index (χ0v) is 19.5.